The first-order valence-corrected chi connectivity index (χ1v) is 4.85. The van der Waals surface area contributed by atoms with E-state index in [0.717, 1.165) is 0 Å². The molecule has 1 amide bonds. The Balaban J connectivity index is 2.85. The van der Waals surface area contributed by atoms with Gasteiger partial charge in [-0.15, -0.1) is 0 Å². The van der Waals surface area contributed by atoms with Gasteiger partial charge in [0, 0.05) is 6.20 Å². The summed E-state index contributed by atoms with van der Waals surface area (Å²) in [6.07, 6.45) is 1.62. The van der Waals surface area contributed by atoms with Gasteiger partial charge in [0.2, 0.25) is 5.91 Å². The number of carbonyl (C=O) groups is 1. The lowest BCUT2D eigenvalue weighted by atomic mass is 10.3. The molecule has 0 aromatic carbocycles. The van der Waals surface area contributed by atoms with E-state index in [-0.39, 0.29) is 0 Å². The van der Waals surface area contributed by atoms with E-state index in [9.17, 15) is 4.79 Å². The van der Waals surface area contributed by atoms with Crippen LogP contribution in [-0.4, -0.2) is 21.9 Å². The Bertz CT molecular complexity index is 355. The van der Waals surface area contributed by atoms with Crippen molar-refractivity contribution < 1.29 is 4.79 Å². The van der Waals surface area contributed by atoms with Crippen molar-refractivity contribution in [2.45, 2.75) is 19.9 Å². The van der Waals surface area contributed by atoms with Gasteiger partial charge in [0.05, 0.1) is 4.47 Å². The minimum Gasteiger partial charge on any atom is -0.368 e. The van der Waals surface area contributed by atoms with Crippen molar-refractivity contribution in [3.05, 3.63) is 16.5 Å². The van der Waals surface area contributed by atoms with E-state index in [1.54, 1.807) is 20.0 Å². The van der Waals surface area contributed by atoms with Gasteiger partial charge in [-0.1, -0.05) is 0 Å². The Hall–Kier alpha value is -1.17. The molecule has 3 N–H and O–H groups in total. The molecular formula is C8H11BrN4O. The third kappa shape index (κ3) is 2.66. The lowest BCUT2D eigenvalue weighted by Gasteiger charge is -2.11. The molecule has 6 heteroatoms. The number of amides is 1. The predicted octanol–water partition coefficient (Wildman–Crippen LogP) is 0.833. The molecule has 1 heterocycles. The topological polar surface area (TPSA) is 80.9 Å². The third-order valence-corrected chi connectivity index (χ3v) is 2.22. The molecule has 5 nitrogen and oxygen atoms in total. The van der Waals surface area contributed by atoms with Crippen LogP contribution in [-0.2, 0) is 4.79 Å². The second-order valence-corrected chi connectivity index (χ2v) is 3.74. The number of rotatable bonds is 3. The van der Waals surface area contributed by atoms with Gasteiger partial charge >= 0.3 is 0 Å². The summed E-state index contributed by atoms with van der Waals surface area (Å²) in [7, 11) is 0. The molecule has 14 heavy (non-hydrogen) atoms. The quantitative estimate of drug-likeness (QED) is 0.842. The zero-order chi connectivity index (χ0) is 10.7. The molecule has 1 unspecified atom stereocenters. The maximum Gasteiger partial charge on any atom is 0.239 e. The average Bonchev–Trinajstić information content (AvgIpc) is 2.11. The van der Waals surface area contributed by atoms with Gasteiger partial charge in [-0.05, 0) is 29.8 Å². The van der Waals surface area contributed by atoms with E-state index < -0.39 is 11.9 Å². The van der Waals surface area contributed by atoms with Crippen LogP contribution < -0.4 is 11.1 Å². The summed E-state index contributed by atoms with van der Waals surface area (Å²) in [5, 5.41) is 2.88. The molecule has 1 aromatic rings. The Labute approximate surface area is 90.2 Å². The van der Waals surface area contributed by atoms with Crippen molar-refractivity contribution >= 4 is 27.7 Å². The first-order valence-electron chi connectivity index (χ1n) is 4.05. The van der Waals surface area contributed by atoms with Crippen LogP contribution in [0.2, 0.25) is 0 Å². The number of aryl methyl sites for hydroxylation is 1. The molecule has 0 spiro atoms. The van der Waals surface area contributed by atoms with Crippen LogP contribution in [0.1, 0.15) is 12.7 Å². The minimum atomic E-state index is -0.458. The first-order chi connectivity index (χ1) is 6.50. The summed E-state index contributed by atoms with van der Waals surface area (Å²) in [6.45, 7) is 3.44. The van der Waals surface area contributed by atoms with Crippen LogP contribution in [0.3, 0.4) is 0 Å². The monoisotopic (exact) mass is 258 g/mol. The highest BCUT2D eigenvalue weighted by atomic mass is 79.9. The molecule has 76 valence electrons. The van der Waals surface area contributed by atoms with Crippen molar-refractivity contribution in [3.63, 3.8) is 0 Å². The van der Waals surface area contributed by atoms with E-state index >= 15 is 0 Å². The van der Waals surface area contributed by atoms with E-state index in [1.807, 2.05) is 0 Å². The SMILES string of the molecule is Cc1ncc(Br)c(NC(C)C(N)=O)n1. The highest BCUT2D eigenvalue weighted by Crippen LogP contribution is 2.18. The van der Waals surface area contributed by atoms with Gasteiger partial charge in [0.1, 0.15) is 17.7 Å². The third-order valence-electron chi connectivity index (χ3n) is 1.64. The highest BCUT2D eigenvalue weighted by Gasteiger charge is 2.11. The number of halogens is 1. The summed E-state index contributed by atoms with van der Waals surface area (Å²) < 4.78 is 0.705. The maximum atomic E-state index is 10.8. The van der Waals surface area contributed by atoms with Crippen molar-refractivity contribution in [3.8, 4) is 0 Å². The number of hydrogen-bond acceptors (Lipinski definition) is 4. The molecule has 0 aliphatic rings. The number of primary amides is 1. The van der Waals surface area contributed by atoms with Crippen LogP contribution in [0, 0.1) is 6.92 Å². The molecule has 1 atom stereocenters. The summed E-state index contributed by atoms with van der Waals surface area (Å²) >= 11 is 3.27. The lowest BCUT2D eigenvalue weighted by Crippen LogP contribution is -2.33. The molecule has 0 aliphatic carbocycles. The van der Waals surface area contributed by atoms with Gasteiger partial charge in [-0.3, -0.25) is 4.79 Å². The molecule has 0 saturated heterocycles. The van der Waals surface area contributed by atoms with Crippen LogP contribution in [0.5, 0.6) is 0 Å². The second-order valence-electron chi connectivity index (χ2n) is 2.88. The van der Waals surface area contributed by atoms with E-state index in [2.05, 4.69) is 31.2 Å². The smallest absolute Gasteiger partial charge is 0.239 e. The minimum absolute atomic E-state index is 0.423. The fourth-order valence-corrected chi connectivity index (χ4v) is 1.14. The second kappa shape index (κ2) is 4.36. The van der Waals surface area contributed by atoms with E-state index in [1.165, 1.54) is 0 Å². The molecule has 0 aliphatic heterocycles. The van der Waals surface area contributed by atoms with Crippen LogP contribution in [0.15, 0.2) is 10.7 Å². The molecular weight excluding hydrogens is 248 g/mol. The van der Waals surface area contributed by atoms with Crippen molar-refractivity contribution in [1.29, 1.82) is 0 Å². The standard InChI is InChI=1S/C8H11BrN4O/c1-4(7(10)14)12-8-6(9)3-11-5(2)13-8/h3-4H,1-2H3,(H2,10,14)(H,11,12,13). The van der Waals surface area contributed by atoms with Gasteiger partial charge in [-0.25, -0.2) is 9.97 Å². The predicted molar refractivity (Wildman–Crippen MR) is 56.7 cm³/mol. The highest BCUT2D eigenvalue weighted by molar-refractivity contribution is 9.10. The average molecular weight is 259 g/mol. The molecule has 0 saturated carbocycles. The lowest BCUT2D eigenvalue weighted by molar-refractivity contribution is -0.118. The Morgan fingerprint density at radius 2 is 2.36 bits per heavy atom. The Morgan fingerprint density at radius 3 is 2.93 bits per heavy atom. The number of hydrogen-bond donors (Lipinski definition) is 2. The summed E-state index contributed by atoms with van der Waals surface area (Å²) in [4.78, 5) is 18.9. The van der Waals surface area contributed by atoms with Crippen LogP contribution in [0.4, 0.5) is 5.82 Å². The zero-order valence-corrected chi connectivity index (χ0v) is 9.50. The number of nitrogens with two attached hydrogens (primary N) is 1. The van der Waals surface area contributed by atoms with Gasteiger partial charge in [0.15, 0.2) is 0 Å². The molecule has 0 fully saturated rings. The fourth-order valence-electron chi connectivity index (χ4n) is 0.833. The number of aromatic nitrogens is 2. The zero-order valence-electron chi connectivity index (χ0n) is 7.91. The van der Waals surface area contributed by atoms with Crippen molar-refractivity contribution in [2.24, 2.45) is 5.73 Å². The van der Waals surface area contributed by atoms with E-state index in [4.69, 9.17) is 5.73 Å². The molecule has 0 bridgehead atoms. The van der Waals surface area contributed by atoms with Crippen LogP contribution in [0.25, 0.3) is 0 Å². The van der Waals surface area contributed by atoms with Crippen LogP contribution >= 0.6 is 15.9 Å². The van der Waals surface area contributed by atoms with Gasteiger partial charge in [-0.2, -0.15) is 0 Å². The normalized spacial score (nSPS) is 12.2. The van der Waals surface area contributed by atoms with Gasteiger partial charge < -0.3 is 11.1 Å². The largest absolute Gasteiger partial charge is 0.368 e. The summed E-state index contributed by atoms with van der Waals surface area (Å²) in [5.74, 6) is 0.782. The molecule has 1 rings (SSSR count). The Kier molecular flexibility index (Phi) is 3.40. The van der Waals surface area contributed by atoms with Crippen molar-refractivity contribution in [2.75, 3.05) is 5.32 Å². The number of nitrogens with zero attached hydrogens (tertiary/aromatic N) is 2. The summed E-state index contributed by atoms with van der Waals surface area (Å²) in [5.41, 5.74) is 5.11. The fraction of sp³-hybridized carbons (Fsp3) is 0.375. The number of anilines is 1. The molecule has 0 radical (unpaired) electrons. The maximum absolute atomic E-state index is 10.8. The Morgan fingerprint density at radius 1 is 1.71 bits per heavy atom. The first kappa shape index (κ1) is 10.9. The van der Waals surface area contributed by atoms with Gasteiger partial charge in [0.25, 0.3) is 0 Å². The number of nitrogens with one attached hydrogen (secondary N) is 1. The van der Waals surface area contributed by atoms with Crippen molar-refractivity contribution in [1.82, 2.24) is 9.97 Å². The van der Waals surface area contributed by atoms with E-state index in [0.29, 0.717) is 16.1 Å². The summed E-state index contributed by atoms with van der Waals surface area (Å²) in [6, 6.07) is -0.458. The number of carbonyl (C=O) groups excluding carboxylic acids is 1. The molecule has 1 aromatic heterocycles.